The molecule has 2 aromatic rings. The van der Waals surface area contributed by atoms with Crippen LogP contribution in [0.5, 0.6) is 0 Å². The minimum Gasteiger partial charge on any atom is -0.310 e. The fourth-order valence-corrected chi connectivity index (χ4v) is 3.81. The summed E-state index contributed by atoms with van der Waals surface area (Å²) in [5.41, 5.74) is 1.20. The van der Waals surface area contributed by atoms with Crippen molar-refractivity contribution < 1.29 is 0 Å². The first-order valence-electron chi connectivity index (χ1n) is 6.67. The molecule has 0 aliphatic heterocycles. The van der Waals surface area contributed by atoms with Gasteiger partial charge in [-0.25, -0.2) is 0 Å². The predicted molar refractivity (Wildman–Crippen MR) is 89.6 cm³/mol. The molecule has 0 spiro atoms. The minimum absolute atomic E-state index is 0.688. The van der Waals surface area contributed by atoms with Crippen LogP contribution < -0.4 is 5.32 Å². The lowest BCUT2D eigenvalue weighted by Crippen LogP contribution is -2.16. The maximum absolute atomic E-state index is 6.37. The Morgan fingerprint density at radius 1 is 1.10 bits per heavy atom. The molecule has 0 bridgehead atoms. The Hall–Kier alpha value is -0.480. The number of hydrogen-bond acceptors (Lipinski definition) is 2. The highest BCUT2D eigenvalue weighted by Gasteiger charge is 2.21. The third-order valence-electron chi connectivity index (χ3n) is 3.28. The summed E-state index contributed by atoms with van der Waals surface area (Å²) in [6.07, 6.45) is 2.58. The molecule has 1 fully saturated rings. The monoisotopic (exact) mass is 367 g/mol. The molecule has 4 heteroatoms. The normalized spacial score (nSPS) is 14.5. The summed E-state index contributed by atoms with van der Waals surface area (Å²) in [6, 6.07) is 15.1. The molecule has 20 heavy (non-hydrogen) atoms. The highest BCUT2D eigenvalue weighted by Crippen LogP contribution is 2.37. The topological polar surface area (TPSA) is 12.0 Å². The van der Waals surface area contributed by atoms with Gasteiger partial charge in [-0.2, -0.15) is 0 Å². The first-order valence-corrected chi connectivity index (χ1v) is 8.66. The van der Waals surface area contributed by atoms with E-state index in [4.69, 9.17) is 11.6 Å². The van der Waals surface area contributed by atoms with Gasteiger partial charge in [-0.3, -0.25) is 0 Å². The summed E-state index contributed by atoms with van der Waals surface area (Å²) in [7, 11) is 0. The second-order valence-electron chi connectivity index (χ2n) is 4.90. The summed E-state index contributed by atoms with van der Waals surface area (Å²) in [6.45, 7) is 0.844. The highest BCUT2D eigenvalue weighted by atomic mass is 79.9. The first kappa shape index (κ1) is 14.5. The van der Waals surface area contributed by atoms with Crippen LogP contribution in [0.15, 0.2) is 56.7 Å². The Balaban J connectivity index is 1.84. The smallest absolute Gasteiger partial charge is 0.0462 e. The molecule has 0 aromatic heterocycles. The van der Waals surface area contributed by atoms with E-state index < -0.39 is 0 Å². The van der Waals surface area contributed by atoms with E-state index in [9.17, 15) is 0 Å². The van der Waals surface area contributed by atoms with Crippen molar-refractivity contribution in [2.75, 3.05) is 0 Å². The molecular weight excluding hydrogens is 354 g/mol. The van der Waals surface area contributed by atoms with Crippen molar-refractivity contribution in [3.63, 3.8) is 0 Å². The minimum atomic E-state index is 0.688. The van der Waals surface area contributed by atoms with E-state index in [0.717, 1.165) is 16.0 Å². The van der Waals surface area contributed by atoms with E-state index in [1.165, 1.54) is 28.2 Å². The van der Waals surface area contributed by atoms with Crippen molar-refractivity contribution in [3.8, 4) is 0 Å². The molecule has 0 unspecified atom stereocenters. The van der Waals surface area contributed by atoms with Gasteiger partial charge in [-0.1, -0.05) is 41.6 Å². The zero-order valence-electron chi connectivity index (χ0n) is 10.9. The van der Waals surface area contributed by atoms with Crippen LogP contribution in [0.25, 0.3) is 0 Å². The largest absolute Gasteiger partial charge is 0.310 e. The summed E-state index contributed by atoms with van der Waals surface area (Å²) in [4.78, 5) is 2.43. The van der Waals surface area contributed by atoms with E-state index in [2.05, 4.69) is 45.5 Å². The lowest BCUT2D eigenvalue weighted by molar-refractivity contribution is 0.680. The van der Waals surface area contributed by atoms with Crippen LogP contribution in [0.2, 0.25) is 5.02 Å². The molecule has 1 aliphatic rings. The van der Waals surface area contributed by atoms with Crippen molar-refractivity contribution in [2.24, 2.45) is 0 Å². The molecule has 0 saturated heterocycles. The van der Waals surface area contributed by atoms with Crippen molar-refractivity contribution in [1.82, 2.24) is 5.32 Å². The Bertz CT molecular complexity index is 613. The molecule has 1 nitrogen and oxygen atoms in total. The number of rotatable bonds is 5. The van der Waals surface area contributed by atoms with Gasteiger partial charge < -0.3 is 5.32 Å². The van der Waals surface area contributed by atoms with Crippen molar-refractivity contribution >= 4 is 39.3 Å². The van der Waals surface area contributed by atoms with Gasteiger partial charge in [-0.15, -0.1) is 0 Å². The van der Waals surface area contributed by atoms with Gasteiger partial charge in [0.25, 0.3) is 0 Å². The molecule has 2 aromatic carbocycles. The van der Waals surface area contributed by atoms with Gasteiger partial charge >= 0.3 is 0 Å². The quantitative estimate of drug-likeness (QED) is 0.747. The molecule has 1 aliphatic carbocycles. The number of halogens is 2. The zero-order chi connectivity index (χ0) is 13.9. The number of nitrogens with one attached hydrogen (secondary N) is 1. The van der Waals surface area contributed by atoms with Gasteiger partial charge in [-0.05, 0) is 58.6 Å². The summed E-state index contributed by atoms with van der Waals surface area (Å²) < 4.78 is 1.12. The van der Waals surface area contributed by atoms with Gasteiger partial charge in [0.2, 0.25) is 0 Å². The van der Waals surface area contributed by atoms with Gasteiger partial charge in [0.05, 0.1) is 0 Å². The van der Waals surface area contributed by atoms with Crippen molar-refractivity contribution in [3.05, 3.63) is 57.5 Å². The van der Waals surface area contributed by atoms with E-state index in [1.54, 1.807) is 11.8 Å². The maximum Gasteiger partial charge on any atom is 0.0462 e. The van der Waals surface area contributed by atoms with E-state index in [1.807, 2.05) is 18.2 Å². The molecule has 0 atom stereocenters. The molecule has 0 amide bonds. The Morgan fingerprint density at radius 3 is 2.60 bits per heavy atom. The SMILES string of the molecule is Clc1cccc(Sc2ccccc2Br)c1CNC1CC1. The number of benzene rings is 2. The van der Waals surface area contributed by atoms with Gasteiger partial charge in [0.1, 0.15) is 0 Å². The molecule has 1 saturated carbocycles. The van der Waals surface area contributed by atoms with Gasteiger partial charge in [0.15, 0.2) is 0 Å². The third kappa shape index (κ3) is 3.59. The molecule has 0 radical (unpaired) electrons. The first-order chi connectivity index (χ1) is 9.74. The van der Waals surface area contributed by atoms with E-state index in [-0.39, 0.29) is 0 Å². The molecule has 0 heterocycles. The van der Waals surface area contributed by atoms with Crippen LogP contribution >= 0.6 is 39.3 Å². The van der Waals surface area contributed by atoms with Crippen LogP contribution in [0.3, 0.4) is 0 Å². The molecule has 1 N–H and O–H groups in total. The third-order valence-corrected chi connectivity index (χ3v) is 5.76. The Labute approximate surface area is 137 Å². The average molecular weight is 369 g/mol. The number of hydrogen-bond donors (Lipinski definition) is 1. The standard InChI is InChI=1S/C16H15BrClNS/c17-13-4-1-2-6-16(13)20-15-7-3-5-14(18)12(15)10-19-11-8-9-11/h1-7,11,19H,8-10H2. The fraction of sp³-hybridized carbons (Fsp3) is 0.250. The molecule has 104 valence electrons. The molecular formula is C16H15BrClNS. The lowest BCUT2D eigenvalue weighted by Gasteiger charge is -2.12. The van der Waals surface area contributed by atoms with Crippen molar-refractivity contribution in [1.29, 1.82) is 0 Å². The van der Waals surface area contributed by atoms with Gasteiger partial charge in [0, 0.05) is 31.9 Å². The second kappa shape index (κ2) is 6.52. The summed E-state index contributed by atoms with van der Waals surface area (Å²) in [5.74, 6) is 0. The fourth-order valence-electron chi connectivity index (χ4n) is 1.99. The Kier molecular flexibility index (Phi) is 4.72. The second-order valence-corrected chi connectivity index (χ2v) is 7.25. The highest BCUT2D eigenvalue weighted by molar-refractivity contribution is 9.10. The maximum atomic E-state index is 6.37. The van der Waals surface area contributed by atoms with Crippen molar-refractivity contribution in [2.45, 2.75) is 35.2 Å². The van der Waals surface area contributed by atoms with E-state index in [0.29, 0.717) is 6.04 Å². The predicted octanol–water partition coefficient (Wildman–Crippen LogP) is 5.51. The van der Waals surface area contributed by atoms with Crippen LogP contribution in [0.4, 0.5) is 0 Å². The van der Waals surface area contributed by atoms with Crippen LogP contribution in [0, 0.1) is 0 Å². The summed E-state index contributed by atoms with van der Waals surface area (Å²) >= 11 is 11.7. The zero-order valence-corrected chi connectivity index (χ0v) is 14.1. The molecule has 3 rings (SSSR count). The van der Waals surface area contributed by atoms with Crippen LogP contribution in [0.1, 0.15) is 18.4 Å². The summed E-state index contributed by atoms with van der Waals surface area (Å²) in [5, 5.41) is 4.39. The lowest BCUT2D eigenvalue weighted by atomic mass is 10.2. The van der Waals surface area contributed by atoms with Crippen LogP contribution in [-0.4, -0.2) is 6.04 Å². The average Bonchev–Trinajstić information content (AvgIpc) is 3.25. The van der Waals surface area contributed by atoms with Crippen LogP contribution in [-0.2, 0) is 6.54 Å². The van der Waals surface area contributed by atoms with E-state index >= 15 is 0 Å². The Morgan fingerprint density at radius 2 is 1.85 bits per heavy atom.